The molecule has 1 unspecified atom stereocenters. The third-order valence-electron chi connectivity index (χ3n) is 6.40. The minimum atomic E-state index is -1.01. The number of ether oxygens (including phenoxy) is 1. The molecule has 7 heteroatoms. The first-order valence-corrected chi connectivity index (χ1v) is 11.1. The van der Waals surface area contributed by atoms with Crippen LogP contribution in [0.15, 0.2) is 48.5 Å². The number of benzene rings is 2. The highest BCUT2D eigenvalue weighted by molar-refractivity contribution is 5.84. The Kier molecular flexibility index (Phi) is 6.44. The van der Waals surface area contributed by atoms with Crippen LogP contribution in [-0.2, 0) is 14.3 Å². The molecule has 4 rings (SSSR count). The minimum Gasteiger partial charge on any atom is -0.480 e. The predicted octanol–water partition coefficient (Wildman–Crippen LogP) is 3.67. The van der Waals surface area contributed by atoms with Crippen molar-refractivity contribution in [1.29, 1.82) is 0 Å². The van der Waals surface area contributed by atoms with Crippen LogP contribution in [0.4, 0.5) is 4.79 Å². The number of hydrogen-bond donors (Lipinski definition) is 3. The SMILES string of the molecule is C[C@@H](CC(=O)NC(C(=O)O)C1CCC1)NC(=O)OCC1c2ccccc2-c2ccccc21. The third-order valence-corrected chi connectivity index (χ3v) is 6.40. The molecule has 2 amide bonds. The summed E-state index contributed by atoms with van der Waals surface area (Å²) in [7, 11) is 0. The van der Waals surface area contributed by atoms with Gasteiger partial charge in [-0.05, 0) is 47.9 Å². The average Bonchev–Trinajstić information content (AvgIpc) is 3.04. The second kappa shape index (κ2) is 9.42. The van der Waals surface area contributed by atoms with Gasteiger partial charge in [0.1, 0.15) is 12.6 Å². The Morgan fingerprint density at radius 3 is 2.12 bits per heavy atom. The van der Waals surface area contributed by atoms with Crippen molar-refractivity contribution in [2.24, 2.45) is 5.92 Å². The zero-order valence-electron chi connectivity index (χ0n) is 18.0. The number of amides is 2. The molecule has 2 atom stereocenters. The molecule has 32 heavy (non-hydrogen) atoms. The molecular weight excluding hydrogens is 408 g/mol. The van der Waals surface area contributed by atoms with Crippen molar-refractivity contribution in [2.75, 3.05) is 6.61 Å². The van der Waals surface area contributed by atoms with Gasteiger partial charge in [-0.1, -0.05) is 55.0 Å². The first kappa shape index (κ1) is 21.9. The number of nitrogens with one attached hydrogen (secondary N) is 2. The molecule has 0 saturated heterocycles. The van der Waals surface area contributed by atoms with Crippen molar-refractivity contribution in [1.82, 2.24) is 10.6 Å². The number of carboxylic acids is 1. The van der Waals surface area contributed by atoms with Gasteiger partial charge < -0.3 is 20.5 Å². The van der Waals surface area contributed by atoms with E-state index in [2.05, 4.69) is 34.9 Å². The quantitative estimate of drug-likeness (QED) is 0.586. The van der Waals surface area contributed by atoms with E-state index in [9.17, 15) is 19.5 Å². The van der Waals surface area contributed by atoms with Crippen LogP contribution < -0.4 is 10.6 Å². The molecule has 0 radical (unpaired) electrons. The van der Waals surface area contributed by atoms with Crippen LogP contribution in [0, 0.1) is 5.92 Å². The fourth-order valence-corrected chi connectivity index (χ4v) is 4.56. The van der Waals surface area contributed by atoms with Crippen molar-refractivity contribution >= 4 is 18.0 Å². The second-order valence-electron chi connectivity index (χ2n) is 8.65. The number of alkyl carbamates (subject to hydrolysis) is 1. The summed E-state index contributed by atoms with van der Waals surface area (Å²) in [5, 5.41) is 14.6. The van der Waals surface area contributed by atoms with Crippen molar-refractivity contribution in [3.05, 3.63) is 59.7 Å². The molecule has 0 aromatic heterocycles. The van der Waals surface area contributed by atoms with Gasteiger partial charge in [-0.15, -0.1) is 0 Å². The summed E-state index contributed by atoms with van der Waals surface area (Å²) < 4.78 is 5.50. The van der Waals surface area contributed by atoms with Crippen molar-refractivity contribution in [2.45, 2.75) is 50.6 Å². The Bertz CT molecular complexity index is 971. The molecule has 0 spiro atoms. The molecule has 1 saturated carbocycles. The van der Waals surface area contributed by atoms with Gasteiger partial charge in [-0.3, -0.25) is 4.79 Å². The number of hydrogen-bond acceptors (Lipinski definition) is 4. The summed E-state index contributed by atoms with van der Waals surface area (Å²) >= 11 is 0. The third kappa shape index (κ3) is 4.61. The summed E-state index contributed by atoms with van der Waals surface area (Å²) in [6, 6.07) is 14.9. The Morgan fingerprint density at radius 1 is 1.00 bits per heavy atom. The Hall–Kier alpha value is -3.35. The predicted molar refractivity (Wildman–Crippen MR) is 119 cm³/mol. The zero-order valence-corrected chi connectivity index (χ0v) is 18.0. The van der Waals surface area contributed by atoms with E-state index < -0.39 is 30.1 Å². The van der Waals surface area contributed by atoms with Crippen LogP contribution in [0.5, 0.6) is 0 Å². The fraction of sp³-hybridized carbons (Fsp3) is 0.400. The summed E-state index contributed by atoms with van der Waals surface area (Å²) in [4.78, 5) is 36.0. The van der Waals surface area contributed by atoms with E-state index in [0.29, 0.717) is 0 Å². The van der Waals surface area contributed by atoms with Gasteiger partial charge in [-0.2, -0.15) is 0 Å². The number of fused-ring (bicyclic) bond motifs is 3. The molecule has 168 valence electrons. The number of aliphatic carboxylic acids is 1. The molecule has 2 aliphatic rings. The Labute approximate surface area is 187 Å². The number of rotatable bonds is 8. The number of carbonyl (C=O) groups excluding carboxylic acids is 2. The van der Waals surface area contributed by atoms with Gasteiger partial charge in [0.15, 0.2) is 0 Å². The van der Waals surface area contributed by atoms with E-state index in [-0.39, 0.29) is 24.9 Å². The summed E-state index contributed by atoms with van der Waals surface area (Å²) in [6.07, 6.45) is 2.00. The smallest absolute Gasteiger partial charge is 0.407 e. The highest BCUT2D eigenvalue weighted by atomic mass is 16.5. The topological polar surface area (TPSA) is 105 Å². The fourth-order valence-electron chi connectivity index (χ4n) is 4.56. The first-order chi connectivity index (χ1) is 15.4. The number of carboxylic acid groups (broad SMARTS) is 1. The summed E-state index contributed by atoms with van der Waals surface area (Å²) in [5.41, 5.74) is 4.57. The summed E-state index contributed by atoms with van der Waals surface area (Å²) in [6.45, 7) is 1.89. The van der Waals surface area contributed by atoms with Crippen molar-refractivity contribution in [3.63, 3.8) is 0 Å². The largest absolute Gasteiger partial charge is 0.480 e. The van der Waals surface area contributed by atoms with E-state index in [1.165, 1.54) is 0 Å². The molecule has 3 N–H and O–H groups in total. The normalized spacial score (nSPS) is 16.8. The van der Waals surface area contributed by atoms with Crippen LogP contribution in [-0.4, -0.2) is 41.8 Å². The van der Waals surface area contributed by atoms with E-state index in [1.54, 1.807) is 6.92 Å². The lowest BCUT2D eigenvalue weighted by Gasteiger charge is -2.31. The Balaban J connectivity index is 1.29. The monoisotopic (exact) mass is 436 g/mol. The molecule has 0 aliphatic heterocycles. The standard InChI is InChI=1S/C25H28N2O5/c1-15(13-22(28)27-23(24(29)30)16-7-6-8-16)26-25(31)32-14-21-19-11-4-2-9-17(19)18-10-3-5-12-20(18)21/h2-5,9-12,15-16,21,23H,6-8,13-14H2,1H3,(H,26,31)(H,27,28)(H,29,30)/t15-,23?/m0/s1. The van der Waals surface area contributed by atoms with E-state index in [4.69, 9.17) is 4.74 Å². The van der Waals surface area contributed by atoms with Crippen LogP contribution >= 0.6 is 0 Å². The van der Waals surface area contributed by atoms with Gasteiger partial charge in [0.25, 0.3) is 0 Å². The molecule has 1 fully saturated rings. The molecule has 2 aliphatic carbocycles. The molecule has 2 aromatic carbocycles. The number of carbonyl (C=O) groups is 3. The summed E-state index contributed by atoms with van der Waals surface area (Å²) in [5.74, 6) is -1.46. The maximum atomic E-state index is 12.4. The molecular formula is C25H28N2O5. The van der Waals surface area contributed by atoms with E-state index in [1.807, 2.05) is 24.3 Å². The average molecular weight is 437 g/mol. The molecule has 0 heterocycles. The van der Waals surface area contributed by atoms with Gasteiger partial charge in [0.05, 0.1) is 0 Å². The maximum absolute atomic E-state index is 12.4. The van der Waals surface area contributed by atoms with Gasteiger partial charge in [0, 0.05) is 18.4 Å². The first-order valence-electron chi connectivity index (χ1n) is 11.1. The van der Waals surface area contributed by atoms with Crippen LogP contribution in [0.3, 0.4) is 0 Å². The van der Waals surface area contributed by atoms with E-state index in [0.717, 1.165) is 41.5 Å². The Morgan fingerprint density at radius 2 is 1.59 bits per heavy atom. The van der Waals surface area contributed by atoms with Gasteiger partial charge in [-0.25, -0.2) is 9.59 Å². The molecule has 7 nitrogen and oxygen atoms in total. The highest BCUT2D eigenvalue weighted by Gasteiger charge is 2.34. The highest BCUT2D eigenvalue weighted by Crippen LogP contribution is 2.44. The molecule has 2 aromatic rings. The van der Waals surface area contributed by atoms with Crippen LogP contribution in [0.25, 0.3) is 11.1 Å². The van der Waals surface area contributed by atoms with Gasteiger partial charge in [0.2, 0.25) is 5.91 Å². The van der Waals surface area contributed by atoms with Crippen LogP contribution in [0.1, 0.15) is 49.7 Å². The van der Waals surface area contributed by atoms with Crippen LogP contribution in [0.2, 0.25) is 0 Å². The van der Waals surface area contributed by atoms with E-state index >= 15 is 0 Å². The lowest BCUT2D eigenvalue weighted by atomic mass is 9.79. The van der Waals surface area contributed by atoms with Crippen molar-refractivity contribution in [3.8, 4) is 11.1 Å². The van der Waals surface area contributed by atoms with Gasteiger partial charge >= 0.3 is 12.1 Å². The molecule has 0 bridgehead atoms. The zero-order chi connectivity index (χ0) is 22.7. The lowest BCUT2D eigenvalue weighted by Crippen LogP contribution is -2.49. The maximum Gasteiger partial charge on any atom is 0.407 e. The second-order valence-corrected chi connectivity index (χ2v) is 8.65. The lowest BCUT2D eigenvalue weighted by molar-refractivity contribution is -0.144. The van der Waals surface area contributed by atoms with Crippen molar-refractivity contribution < 1.29 is 24.2 Å². The minimum absolute atomic E-state index is 0.0122.